The number of hydrogen-bond donors (Lipinski definition) is 3. The van der Waals surface area contributed by atoms with Crippen LogP contribution in [0.15, 0.2) is 48.8 Å². The molecule has 0 unspecified atom stereocenters. The number of piperidine rings is 1. The minimum absolute atomic E-state index is 0.481. The fourth-order valence-corrected chi connectivity index (χ4v) is 4.16. The topological polar surface area (TPSA) is 108 Å². The van der Waals surface area contributed by atoms with Gasteiger partial charge in [0.05, 0.1) is 16.7 Å². The van der Waals surface area contributed by atoms with E-state index in [1.807, 2.05) is 24.3 Å². The predicted molar refractivity (Wildman–Crippen MR) is 115 cm³/mol. The summed E-state index contributed by atoms with van der Waals surface area (Å²) in [5, 5.41) is 11.0. The largest absolute Gasteiger partial charge is 0.336 e. The van der Waals surface area contributed by atoms with Crippen LogP contribution in [0.4, 0.5) is 0 Å². The van der Waals surface area contributed by atoms with Gasteiger partial charge in [0.1, 0.15) is 16.7 Å². The Kier molecular flexibility index (Phi) is 4.02. The third kappa shape index (κ3) is 2.84. The van der Waals surface area contributed by atoms with Gasteiger partial charge >= 0.3 is 0 Å². The van der Waals surface area contributed by atoms with Crippen LogP contribution in [0.2, 0.25) is 0 Å². The fraction of sp³-hybridized carbons (Fsp3) is 0.227. The first-order valence-corrected chi connectivity index (χ1v) is 10.2. The van der Waals surface area contributed by atoms with Gasteiger partial charge in [-0.3, -0.25) is 15.1 Å². The zero-order chi connectivity index (χ0) is 19.9. The maximum absolute atomic E-state index is 4.98. The predicted octanol–water partition coefficient (Wildman–Crippen LogP) is 3.43. The van der Waals surface area contributed by atoms with Crippen LogP contribution in [0, 0.1) is 0 Å². The maximum atomic E-state index is 4.98. The van der Waals surface area contributed by atoms with Gasteiger partial charge in [-0.1, -0.05) is 6.07 Å². The first-order chi connectivity index (χ1) is 14.9. The van der Waals surface area contributed by atoms with Gasteiger partial charge in [0.15, 0.2) is 11.5 Å². The highest BCUT2D eigenvalue weighted by atomic mass is 15.2. The van der Waals surface area contributed by atoms with Crippen LogP contribution in [0.5, 0.6) is 0 Å². The summed E-state index contributed by atoms with van der Waals surface area (Å²) < 4.78 is 0. The quantitative estimate of drug-likeness (QED) is 0.431. The molecule has 5 aromatic heterocycles. The van der Waals surface area contributed by atoms with Gasteiger partial charge in [-0.2, -0.15) is 5.10 Å². The average molecular weight is 396 g/mol. The summed E-state index contributed by atoms with van der Waals surface area (Å²) in [4.78, 5) is 22.1. The van der Waals surface area contributed by atoms with E-state index < -0.39 is 0 Å². The van der Waals surface area contributed by atoms with Crippen molar-refractivity contribution in [1.82, 2.24) is 40.4 Å². The highest BCUT2D eigenvalue weighted by Crippen LogP contribution is 2.31. The van der Waals surface area contributed by atoms with Crippen LogP contribution in [-0.4, -0.2) is 48.2 Å². The van der Waals surface area contributed by atoms with E-state index in [4.69, 9.17) is 9.97 Å². The molecule has 1 aliphatic heterocycles. The van der Waals surface area contributed by atoms with Crippen molar-refractivity contribution in [3.05, 3.63) is 54.5 Å². The molecule has 8 heteroatoms. The molecule has 0 amide bonds. The Balaban J connectivity index is 1.47. The number of nitrogens with one attached hydrogen (secondary N) is 3. The number of rotatable bonds is 3. The lowest BCUT2D eigenvalue weighted by molar-refractivity contribution is 0.454. The number of fused-ring (bicyclic) bond motifs is 2. The third-order valence-electron chi connectivity index (χ3n) is 5.72. The lowest BCUT2D eigenvalue weighted by atomic mass is 9.94. The molecule has 5 aromatic rings. The smallest absolute Gasteiger partial charge is 0.161 e. The first kappa shape index (κ1) is 17.2. The van der Waals surface area contributed by atoms with Crippen molar-refractivity contribution in [2.45, 2.75) is 18.8 Å². The van der Waals surface area contributed by atoms with Crippen LogP contribution in [0.1, 0.15) is 24.5 Å². The Hall–Kier alpha value is -3.65. The first-order valence-electron chi connectivity index (χ1n) is 10.2. The van der Waals surface area contributed by atoms with Crippen molar-refractivity contribution in [3.8, 4) is 22.9 Å². The van der Waals surface area contributed by atoms with E-state index in [2.05, 4.69) is 42.6 Å². The lowest BCUT2D eigenvalue weighted by Crippen LogP contribution is -2.27. The number of aromatic nitrogens is 7. The zero-order valence-electron chi connectivity index (χ0n) is 16.3. The van der Waals surface area contributed by atoms with E-state index >= 15 is 0 Å². The molecule has 0 aliphatic carbocycles. The summed E-state index contributed by atoms with van der Waals surface area (Å²) in [7, 11) is 0. The van der Waals surface area contributed by atoms with Crippen LogP contribution >= 0.6 is 0 Å². The van der Waals surface area contributed by atoms with Crippen LogP contribution in [0.25, 0.3) is 45.0 Å². The molecule has 30 heavy (non-hydrogen) atoms. The molecule has 0 spiro atoms. The zero-order valence-corrected chi connectivity index (χ0v) is 16.3. The van der Waals surface area contributed by atoms with Gasteiger partial charge in [0, 0.05) is 24.0 Å². The highest BCUT2D eigenvalue weighted by molar-refractivity contribution is 5.93. The Bertz CT molecular complexity index is 1330. The van der Waals surface area contributed by atoms with Crippen LogP contribution in [-0.2, 0) is 0 Å². The van der Waals surface area contributed by atoms with Gasteiger partial charge in [-0.15, -0.1) is 0 Å². The van der Waals surface area contributed by atoms with Gasteiger partial charge in [-0.25, -0.2) is 9.97 Å². The summed E-state index contributed by atoms with van der Waals surface area (Å²) in [6.07, 6.45) is 5.74. The summed E-state index contributed by atoms with van der Waals surface area (Å²) in [6, 6.07) is 11.9. The van der Waals surface area contributed by atoms with Crippen molar-refractivity contribution < 1.29 is 0 Å². The van der Waals surface area contributed by atoms with Crippen molar-refractivity contribution in [2.75, 3.05) is 13.1 Å². The molecule has 0 bridgehead atoms. The van der Waals surface area contributed by atoms with E-state index in [0.29, 0.717) is 11.7 Å². The van der Waals surface area contributed by atoms with Gasteiger partial charge in [0.2, 0.25) is 0 Å². The normalized spacial score (nSPS) is 15.2. The molecule has 8 nitrogen and oxygen atoms in total. The van der Waals surface area contributed by atoms with E-state index in [1.54, 1.807) is 12.4 Å². The molecular weight excluding hydrogens is 376 g/mol. The second-order valence-electron chi connectivity index (χ2n) is 7.58. The van der Waals surface area contributed by atoms with E-state index in [0.717, 1.165) is 70.8 Å². The van der Waals surface area contributed by atoms with Gasteiger partial charge in [0.25, 0.3) is 0 Å². The number of imidazole rings is 1. The molecule has 148 valence electrons. The molecule has 6 heterocycles. The molecule has 1 aliphatic rings. The van der Waals surface area contributed by atoms with Crippen molar-refractivity contribution in [3.63, 3.8) is 0 Å². The Morgan fingerprint density at radius 3 is 2.57 bits per heavy atom. The van der Waals surface area contributed by atoms with Crippen LogP contribution < -0.4 is 5.32 Å². The SMILES string of the molecule is c1ccc(-c2nccc3[nH]c(-c4n[nH]c5ccc(C6CCNCC6)nc45)nc23)nc1. The number of nitrogens with zero attached hydrogens (tertiary/aromatic N) is 5. The minimum Gasteiger partial charge on any atom is -0.336 e. The Labute approximate surface area is 172 Å². The van der Waals surface area contributed by atoms with Gasteiger partial charge < -0.3 is 10.3 Å². The lowest BCUT2D eigenvalue weighted by Gasteiger charge is -2.22. The average Bonchev–Trinajstić information content (AvgIpc) is 3.43. The van der Waals surface area contributed by atoms with E-state index in [1.165, 1.54) is 0 Å². The Morgan fingerprint density at radius 1 is 0.800 bits per heavy atom. The number of aromatic amines is 2. The molecular formula is C22H20N8. The monoisotopic (exact) mass is 396 g/mol. The third-order valence-corrected chi connectivity index (χ3v) is 5.72. The second-order valence-corrected chi connectivity index (χ2v) is 7.58. The molecule has 3 N–H and O–H groups in total. The summed E-state index contributed by atoms with van der Waals surface area (Å²) in [5.74, 6) is 1.16. The summed E-state index contributed by atoms with van der Waals surface area (Å²) in [5.41, 5.74) is 6.81. The highest BCUT2D eigenvalue weighted by Gasteiger charge is 2.20. The van der Waals surface area contributed by atoms with E-state index in [9.17, 15) is 0 Å². The standard InChI is InChI=1S/C22H20N8/c1-2-9-24-15(3-1)18-19-16(8-12-25-18)27-22(28-19)21-20-17(29-30-21)5-4-14(26-20)13-6-10-23-11-7-13/h1-5,8-9,12-13,23H,6-7,10-11H2,(H,27,28)(H,29,30). The maximum Gasteiger partial charge on any atom is 0.161 e. The number of hydrogen-bond acceptors (Lipinski definition) is 6. The molecule has 0 aromatic carbocycles. The molecule has 1 saturated heterocycles. The van der Waals surface area contributed by atoms with Crippen molar-refractivity contribution in [1.29, 1.82) is 0 Å². The molecule has 0 radical (unpaired) electrons. The second kappa shape index (κ2) is 7.00. The van der Waals surface area contributed by atoms with Crippen molar-refractivity contribution >= 4 is 22.1 Å². The number of H-pyrrole nitrogens is 2. The number of pyridine rings is 3. The summed E-state index contributed by atoms with van der Waals surface area (Å²) >= 11 is 0. The fourth-order valence-electron chi connectivity index (χ4n) is 4.16. The summed E-state index contributed by atoms with van der Waals surface area (Å²) in [6.45, 7) is 2.07. The molecule has 6 rings (SSSR count). The molecule has 0 atom stereocenters. The molecule has 0 saturated carbocycles. The molecule has 1 fully saturated rings. The van der Waals surface area contributed by atoms with Crippen LogP contribution in [0.3, 0.4) is 0 Å². The minimum atomic E-state index is 0.481. The Morgan fingerprint density at radius 2 is 1.70 bits per heavy atom. The van der Waals surface area contributed by atoms with Gasteiger partial charge in [-0.05, 0) is 56.3 Å². The van der Waals surface area contributed by atoms with Crippen molar-refractivity contribution in [2.24, 2.45) is 0 Å². The van der Waals surface area contributed by atoms with E-state index in [-0.39, 0.29) is 0 Å².